The molecule has 2 N–H and O–H groups in total. The Bertz CT molecular complexity index is 558. The molecule has 0 aromatic heterocycles. The Balaban J connectivity index is 0.00000338. The number of halogens is 3. The fraction of sp³-hybridized carbons (Fsp3) is 0.632. The molecule has 1 aromatic carbocycles. The molecule has 0 atom stereocenters. The molecule has 1 aliphatic rings. The Labute approximate surface area is 172 Å². The van der Waals surface area contributed by atoms with Gasteiger partial charge in [0.1, 0.15) is 11.6 Å². The molecule has 1 fully saturated rings. The predicted octanol–water partition coefficient (Wildman–Crippen LogP) is 3.89. The molecule has 0 amide bonds. The maximum atomic E-state index is 13.7. The van der Waals surface area contributed by atoms with E-state index in [1.54, 1.807) is 14.2 Å². The number of guanidine groups is 1. The van der Waals surface area contributed by atoms with Crippen LogP contribution in [-0.2, 0) is 11.2 Å². The maximum Gasteiger partial charge on any atom is 0.191 e. The van der Waals surface area contributed by atoms with Gasteiger partial charge in [0.05, 0.1) is 0 Å². The van der Waals surface area contributed by atoms with Gasteiger partial charge in [-0.2, -0.15) is 0 Å². The van der Waals surface area contributed by atoms with Crippen LogP contribution in [0.15, 0.2) is 23.2 Å². The normalized spacial score (nSPS) is 16.2. The van der Waals surface area contributed by atoms with E-state index in [0.717, 1.165) is 19.6 Å². The third-order valence-electron chi connectivity index (χ3n) is 5.08. The Morgan fingerprint density at radius 3 is 2.42 bits per heavy atom. The molecule has 0 saturated heterocycles. The summed E-state index contributed by atoms with van der Waals surface area (Å²) in [7, 11) is 3.44. The Hall–Kier alpha value is -0.960. The van der Waals surface area contributed by atoms with Gasteiger partial charge in [-0.1, -0.05) is 18.9 Å². The van der Waals surface area contributed by atoms with E-state index in [9.17, 15) is 8.78 Å². The molecule has 2 rings (SSSR count). The first kappa shape index (κ1) is 23.1. The van der Waals surface area contributed by atoms with Gasteiger partial charge >= 0.3 is 0 Å². The molecule has 0 bridgehead atoms. The van der Waals surface area contributed by atoms with E-state index in [1.807, 2.05) is 0 Å². The molecule has 0 unspecified atom stereocenters. The van der Waals surface area contributed by atoms with Gasteiger partial charge in [0.25, 0.3) is 0 Å². The summed E-state index contributed by atoms with van der Waals surface area (Å²) in [5.41, 5.74) is 0.364. The molecule has 4 nitrogen and oxygen atoms in total. The molecule has 1 aromatic rings. The van der Waals surface area contributed by atoms with Gasteiger partial charge in [-0.15, -0.1) is 24.0 Å². The number of nitrogens with zero attached hydrogens (tertiary/aromatic N) is 1. The first-order chi connectivity index (χ1) is 12.1. The van der Waals surface area contributed by atoms with Gasteiger partial charge in [-0.05, 0) is 43.2 Å². The summed E-state index contributed by atoms with van der Waals surface area (Å²) < 4.78 is 32.6. The zero-order chi connectivity index (χ0) is 18.1. The number of rotatable bonds is 8. The van der Waals surface area contributed by atoms with Crippen LogP contribution in [0.2, 0.25) is 0 Å². The molecular formula is C19H30F2IN3O. The highest BCUT2D eigenvalue weighted by Gasteiger charge is 2.33. The lowest BCUT2D eigenvalue weighted by Gasteiger charge is -2.30. The van der Waals surface area contributed by atoms with Gasteiger partial charge in [-0.25, -0.2) is 8.78 Å². The number of hydrogen-bond donors (Lipinski definition) is 2. The van der Waals surface area contributed by atoms with Gasteiger partial charge in [-0.3, -0.25) is 4.99 Å². The van der Waals surface area contributed by atoms with E-state index in [4.69, 9.17) is 4.74 Å². The lowest BCUT2D eigenvalue weighted by molar-refractivity contribution is 0.138. The molecule has 7 heteroatoms. The topological polar surface area (TPSA) is 45.7 Å². The van der Waals surface area contributed by atoms with Crippen LogP contribution in [0.5, 0.6) is 0 Å². The monoisotopic (exact) mass is 481 g/mol. The van der Waals surface area contributed by atoms with E-state index in [0.29, 0.717) is 12.5 Å². The molecule has 0 aliphatic heterocycles. The largest absolute Gasteiger partial charge is 0.385 e. The Morgan fingerprint density at radius 1 is 1.19 bits per heavy atom. The second-order valence-corrected chi connectivity index (χ2v) is 6.75. The van der Waals surface area contributed by atoms with Gasteiger partial charge in [0.2, 0.25) is 0 Å². The lowest BCUT2D eigenvalue weighted by atomic mass is 9.83. The second-order valence-electron chi connectivity index (χ2n) is 6.75. The van der Waals surface area contributed by atoms with Crippen LogP contribution in [0, 0.1) is 17.0 Å². The summed E-state index contributed by atoms with van der Waals surface area (Å²) >= 11 is 0. The molecule has 1 aliphatic carbocycles. The quantitative estimate of drug-likeness (QED) is 0.337. The van der Waals surface area contributed by atoms with Crippen molar-refractivity contribution in [3.63, 3.8) is 0 Å². The Kier molecular flexibility index (Phi) is 10.4. The maximum absolute atomic E-state index is 13.7. The van der Waals surface area contributed by atoms with Gasteiger partial charge in [0, 0.05) is 39.4 Å². The van der Waals surface area contributed by atoms with Crippen LogP contribution in [0.25, 0.3) is 0 Å². The van der Waals surface area contributed by atoms with Crippen molar-refractivity contribution in [3.05, 3.63) is 35.4 Å². The third-order valence-corrected chi connectivity index (χ3v) is 5.08. The number of methoxy groups -OCH3 is 1. The summed E-state index contributed by atoms with van der Waals surface area (Å²) in [5.74, 6) is -0.344. The highest BCUT2D eigenvalue weighted by Crippen LogP contribution is 2.40. The fourth-order valence-corrected chi connectivity index (χ4v) is 3.53. The molecule has 148 valence electrons. The van der Waals surface area contributed by atoms with Crippen molar-refractivity contribution < 1.29 is 13.5 Å². The second kappa shape index (κ2) is 11.7. The Morgan fingerprint density at radius 2 is 1.85 bits per heavy atom. The average molecular weight is 481 g/mol. The number of ether oxygens (including phenoxy) is 1. The standard InChI is InChI=1S/C19H29F2N3O.HI/c1-22-18(23-12-8-15-16(20)6-5-7-17(15)21)24-14-19(11-13-25-2)9-3-4-10-19;/h5-7H,3-4,8-14H2,1-2H3,(H2,22,23,24);1H. The van der Waals surface area contributed by atoms with Crippen molar-refractivity contribution >= 4 is 29.9 Å². The summed E-state index contributed by atoms with van der Waals surface area (Å²) in [5, 5.41) is 6.52. The van der Waals surface area contributed by atoms with E-state index in [2.05, 4.69) is 15.6 Å². The van der Waals surface area contributed by atoms with Crippen molar-refractivity contribution in [2.24, 2.45) is 10.4 Å². The van der Waals surface area contributed by atoms with Crippen LogP contribution in [0.1, 0.15) is 37.7 Å². The molecule has 0 radical (unpaired) electrons. The fourth-order valence-electron chi connectivity index (χ4n) is 3.53. The van der Waals surface area contributed by atoms with Crippen molar-refractivity contribution in [3.8, 4) is 0 Å². The van der Waals surface area contributed by atoms with Crippen LogP contribution in [-0.4, -0.2) is 39.8 Å². The minimum atomic E-state index is -0.505. The molecular weight excluding hydrogens is 451 g/mol. The summed E-state index contributed by atoms with van der Waals surface area (Å²) in [4.78, 5) is 4.21. The highest BCUT2D eigenvalue weighted by atomic mass is 127. The van der Waals surface area contributed by atoms with Crippen LogP contribution < -0.4 is 10.6 Å². The minimum absolute atomic E-state index is 0. The average Bonchev–Trinajstić information content (AvgIpc) is 3.07. The van der Waals surface area contributed by atoms with Crippen molar-refractivity contribution in [1.29, 1.82) is 0 Å². The van der Waals surface area contributed by atoms with Crippen LogP contribution in [0.4, 0.5) is 8.78 Å². The van der Waals surface area contributed by atoms with Gasteiger partial charge < -0.3 is 15.4 Å². The summed E-state index contributed by atoms with van der Waals surface area (Å²) in [6.07, 6.45) is 6.21. The van der Waals surface area contributed by atoms with E-state index in [-0.39, 0.29) is 41.4 Å². The molecule has 0 spiro atoms. The molecule has 0 heterocycles. The highest BCUT2D eigenvalue weighted by molar-refractivity contribution is 14.0. The summed E-state index contributed by atoms with van der Waals surface area (Å²) in [6, 6.07) is 3.94. The van der Waals surface area contributed by atoms with E-state index < -0.39 is 11.6 Å². The number of hydrogen-bond acceptors (Lipinski definition) is 2. The van der Waals surface area contributed by atoms with Crippen LogP contribution >= 0.6 is 24.0 Å². The third kappa shape index (κ3) is 6.64. The van der Waals surface area contributed by atoms with Crippen molar-refractivity contribution in [2.75, 3.05) is 33.9 Å². The smallest absolute Gasteiger partial charge is 0.191 e. The predicted molar refractivity (Wildman–Crippen MR) is 112 cm³/mol. The molecule has 1 saturated carbocycles. The number of benzene rings is 1. The SMILES string of the molecule is CN=C(NCCc1c(F)cccc1F)NCC1(CCOC)CCCC1.I. The van der Waals surface area contributed by atoms with E-state index >= 15 is 0 Å². The van der Waals surface area contributed by atoms with Crippen molar-refractivity contribution in [2.45, 2.75) is 38.5 Å². The minimum Gasteiger partial charge on any atom is -0.385 e. The van der Waals surface area contributed by atoms with Gasteiger partial charge in [0.15, 0.2) is 5.96 Å². The summed E-state index contributed by atoms with van der Waals surface area (Å²) in [6.45, 7) is 2.02. The van der Waals surface area contributed by atoms with Crippen LogP contribution in [0.3, 0.4) is 0 Å². The lowest BCUT2D eigenvalue weighted by Crippen LogP contribution is -2.44. The zero-order valence-electron chi connectivity index (χ0n) is 15.6. The first-order valence-corrected chi connectivity index (χ1v) is 8.96. The first-order valence-electron chi connectivity index (χ1n) is 8.96. The number of aliphatic imine (C=N–C) groups is 1. The van der Waals surface area contributed by atoms with E-state index in [1.165, 1.54) is 43.9 Å². The zero-order valence-corrected chi connectivity index (χ0v) is 17.9. The number of nitrogens with one attached hydrogen (secondary N) is 2. The molecule has 26 heavy (non-hydrogen) atoms. The van der Waals surface area contributed by atoms with Crippen molar-refractivity contribution in [1.82, 2.24) is 10.6 Å².